The zero-order valence-corrected chi connectivity index (χ0v) is 17.6. The summed E-state index contributed by atoms with van der Waals surface area (Å²) < 4.78 is 5.47. The number of rotatable bonds is 7. The molecule has 1 heterocycles. The number of hydrogen-bond donors (Lipinski definition) is 4. The molecule has 33 heavy (non-hydrogen) atoms. The van der Waals surface area contributed by atoms with E-state index < -0.39 is 23.4 Å². The summed E-state index contributed by atoms with van der Waals surface area (Å²) >= 11 is 0. The summed E-state index contributed by atoms with van der Waals surface area (Å²) in [6.45, 7) is 0.213. The van der Waals surface area contributed by atoms with Crippen molar-refractivity contribution >= 4 is 23.8 Å². The van der Waals surface area contributed by atoms with Gasteiger partial charge in [0.15, 0.2) is 5.82 Å². The lowest BCUT2D eigenvalue weighted by atomic mass is 9.98. The highest BCUT2D eigenvalue weighted by Gasteiger charge is 2.50. The molecule has 2 amide bonds. The van der Waals surface area contributed by atoms with E-state index in [0.717, 1.165) is 22.3 Å². The quantitative estimate of drug-likeness (QED) is 0.440. The van der Waals surface area contributed by atoms with Crippen molar-refractivity contribution in [1.29, 1.82) is 0 Å². The average Bonchev–Trinajstić information content (AvgIpc) is 3.37. The molecule has 2 aliphatic carbocycles. The number of H-pyrrole nitrogens is 1. The molecule has 2 aliphatic rings. The highest BCUT2D eigenvalue weighted by atomic mass is 16.5. The number of nitrogens with zero attached hydrogens (tertiary/aromatic N) is 1. The van der Waals surface area contributed by atoms with Crippen LogP contribution >= 0.6 is 0 Å². The van der Waals surface area contributed by atoms with Gasteiger partial charge in [-0.25, -0.2) is 4.79 Å². The summed E-state index contributed by atoms with van der Waals surface area (Å²) in [5.41, 5.74) is 3.75. The SMILES string of the molecule is O=C(Nc1cc(C(=O)NCC2(C(=O)O)CC2)[nH]n1)OCC1c2ccccc2-c2ccccc21. The first-order valence-corrected chi connectivity index (χ1v) is 10.7. The first kappa shape index (κ1) is 20.7. The largest absolute Gasteiger partial charge is 0.481 e. The van der Waals surface area contributed by atoms with Gasteiger partial charge in [0.05, 0.1) is 5.41 Å². The van der Waals surface area contributed by atoms with Gasteiger partial charge in [0.1, 0.15) is 12.3 Å². The van der Waals surface area contributed by atoms with Crippen LogP contribution in [0.3, 0.4) is 0 Å². The summed E-state index contributed by atoms with van der Waals surface area (Å²) in [5, 5.41) is 20.8. The number of carbonyl (C=O) groups is 3. The minimum atomic E-state index is -0.912. The van der Waals surface area contributed by atoms with Gasteiger partial charge in [-0.2, -0.15) is 5.10 Å². The Bertz CT molecular complexity index is 1200. The van der Waals surface area contributed by atoms with Gasteiger partial charge in [-0.1, -0.05) is 48.5 Å². The Balaban J connectivity index is 1.18. The fourth-order valence-corrected chi connectivity index (χ4v) is 4.20. The third kappa shape index (κ3) is 3.93. The van der Waals surface area contributed by atoms with Gasteiger partial charge in [0.2, 0.25) is 0 Å². The molecule has 1 fully saturated rings. The van der Waals surface area contributed by atoms with Crippen LogP contribution < -0.4 is 10.6 Å². The van der Waals surface area contributed by atoms with Crippen molar-refractivity contribution in [1.82, 2.24) is 15.5 Å². The number of benzene rings is 2. The molecule has 0 atom stereocenters. The molecule has 168 valence electrons. The molecule has 3 aromatic rings. The molecule has 1 saturated carbocycles. The van der Waals surface area contributed by atoms with E-state index in [-0.39, 0.29) is 30.6 Å². The van der Waals surface area contributed by atoms with Gasteiger partial charge >= 0.3 is 12.1 Å². The van der Waals surface area contributed by atoms with E-state index >= 15 is 0 Å². The molecule has 0 aliphatic heterocycles. The smallest absolute Gasteiger partial charge is 0.412 e. The van der Waals surface area contributed by atoms with Crippen molar-refractivity contribution in [3.8, 4) is 11.1 Å². The second-order valence-corrected chi connectivity index (χ2v) is 8.39. The monoisotopic (exact) mass is 446 g/mol. The average molecular weight is 446 g/mol. The van der Waals surface area contributed by atoms with Gasteiger partial charge in [-0.3, -0.25) is 20.0 Å². The number of amides is 2. The van der Waals surface area contributed by atoms with Crippen LogP contribution in [0.5, 0.6) is 0 Å². The lowest BCUT2D eigenvalue weighted by Gasteiger charge is -2.14. The second kappa shape index (κ2) is 8.09. The molecule has 9 heteroatoms. The van der Waals surface area contributed by atoms with Crippen molar-refractivity contribution in [2.75, 3.05) is 18.5 Å². The van der Waals surface area contributed by atoms with E-state index in [2.05, 4.69) is 33.0 Å². The van der Waals surface area contributed by atoms with Crippen LogP contribution in [0.15, 0.2) is 54.6 Å². The minimum absolute atomic E-state index is 0.0509. The normalized spacial score (nSPS) is 15.3. The zero-order valence-electron chi connectivity index (χ0n) is 17.6. The summed E-state index contributed by atoms with van der Waals surface area (Å²) in [6, 6.07) is 17.5. The third-order valence-electron chi connectivity index (χ3n) is 6.29. The van der Waals surface area contributed by atoms with Crippen LogP contribution in [0.2, 0.25) is 0 Å². The molecule has 1 aromatic heterocycles. The Kier molecular flexibility index (Phi) is 5.08. The molecule has 5 rings (SSSR count). The summed E-state index contributed by atoms with van der Waals surface area (Å²) in [7, 11) is 0. The summed E-state index contributed by atoms with van der Waals surface area (Å²) in [6.07, 6.45) is 0.401. The number of fused-ring (bicyclic) bond motifs is 3. The number of carboxylic acids is 1. The zero-order chi connectivity index (χ0) is 23.0. The Morgan fingerprint density at radius 1 is 1.06 bits per heavy atom. The maximum absolute atomic E-state index is 12.4. The number of hydrogen-bond acceptors (Lipinski definition) is 5. The molecule has 0 saturated heterocycles. The predicted octanol–water partition coefficient (Wildman–Crippen LogP) is 3.37. The molecular formula is C24H22N4O5. The molecule has 4 N–H and O–H groups in total. The number of carboxylic acid groups (broad SMARTS) is 1. The van der Waals surface area contributed by atoms with Crippen LogP contribution in [-0.2, 0) is 9.53 Å². The first-order valence-electron chi connectivity index (χ1n) is 10.7. The molecule has 0 spiro atoms. The van der Waals surface area contributed by atoms with Crippen molar-refractivity contribution in [2.45, 2.75) is 18.8 Å². The molecule has 0 bridgehead atoms. The van der Waals surface area contributed by atoms with Gasteiger partial charge in [0, 0.05) is 18.5 Å². The first-order chi connectivity index (χ1) is 16.0. The van der Waals surface area contributed by atoms with E-state index in [1.165, 1.54) is 6.07 Å². The number of carbonyl (C=O) groups excluding carboxylic acids is 2. The number of nitrogens with one attached hydrogen (secondary N) is 3. The van der Waals surface area contributed by atoms with E-state index in [9.17, 15) is 19.5 Å². The number of aromatic nitrogens is 2. The maximum atomic E-state index is 12.4. The van der Waals surface area contributed by atoms with Crippen LogP contribution in [0, 0.1) is 5.41 Å². The fourth-order valence-electron chi connectivity index (χ4n) is 4.20. The van der Waals surface area contributed by atoms with Crippen molar-refractivity contribution in [3.05, 3.63) is 71.4 Å². The highest BCUT2D eigenvalue weighted by Crippen LogP contribution is 2.45. The summed E-state index contributed by atoms with van der Waals surface area (Å²) in [5.74, 6) is -1.33. The molecule has 0 radical (unpaired) electrons. The topological polar surface area (TPSA) is 133 Å². The minimum Gasteiger partial charge on any atom is -0.481 e. The van der Waals surface area contributed by atoms with Gasteiger partial charge in [-0.05, 0) is 35.1 Å². The fraction of sp³-hybridized carbons (Fsp3) is 0.250. The lowest BCUT2D eigenvalue weighted by molar-refractivity contribution is -0.143. The van der Waals surface area contributed by atoms with Crippen LogP contribution in [0.4, 0.5) is 10.6 Å². The Hall–Kier alpha value is -4.14. The molecular weight excluding hydrogens is 424 g/mol. The molecule has 9 nitrogen and oxygen atoms in total. The van der Waals surface area contributed by atoms with Crippen molar-refractivity contribution in [3.63, 3.8) is 0 Å². The Morgan fingerprint density at radius 2 is 1.70 bits per heavy atom. The van der Waals surface area contributed by atoms with E-state index in [0.29, 0.717) is 12.8 Å². The van der Waals surface area contributed by atoms with E-state index in [1.807, 2.05) is 36.4 Å². The highest BCUT2D eigenvalue weighted by molar-refractivity contribution is 5.94. The van der Waals surface area contributed by atoms with Gasteiger partial charge in [0.25, 0.3) is 5.91 Å². The number of ether oxygens (including phenoxy) is 1. The van der Waals surface area contributed by atoms with Gasteiger partial charge in [-0.15, -0.1) is 0 Å². The van der Waals surface area contributed by atoms with E-state index in [4.69, 9.17) is 4.74 Å². The lowest BCUT2D eigenvalue weighted by Crippen LogP contribution is -2.34. The van der Waals surface area contributed by atoms with Gasteiger partial charge < -0.3 is 15.2 Å². The van der Waals surface area contributed by atoms with E-state index in [1.54, 1.807) is 0 Å². The number of aromatic amines is 1. The van der Waals surface area contributed by atoms with Crippen LogP contribution in [0.1, 0.15) is 40.4 Å². The predicted molar refractivity (Wildman–Crippen MR) is 119 cm³/mol. The molecule has 2 aromatic carbocycles. The standard InChI is InChI=1S/C24H22N4O5/c29-21(25-13-24(9-10-24)22(30)31)19-11-20(28-27-19)26-23(32)33-12-18-16-7-3-1-5-14(16)15-6-2-4-8-17(15)18/h1-8,11,18H,9-10,12-13H2,(H,25,29)(H,30,31)(H2,26,27,28,32). The molecule has 0 unspecified atom stereocenters. The second-order valence-electron chi connectivity index (χ2n) is 8.39. The number of anilines is 1. The summed E-state index contributed by atoms with van der Waals surface area (Å²) in [4.78, 5) is 35.8. The van der Waals surface area contributed by atoms with Crippen LogP contribution in [-0.4, -0.2) is 46.4 Å². The maximum Gasteiger partial charge on any atom is 0.412 e. The van der Waals surface area contributed by atoms with Crippen molar-refractivity contribution < 1.29 is 24.2 Å². The third-order valence-corrected chi connectivity index (χ3v) is 6.29. The van der Waals surface area contributed by atoms with Crippen LogP contribution in [0.25, 0.3) is 11.1 Å². The van der Waals surface area contributed by atoms with Crippen molar-refractivity contribution in [2.24, 2.45) is 5.41 Å². The Labute approximate surface area is 189 Å². The number of aliphatic carboxylic acids is 1. The Morgan fingerprint density at radius 3 is 2.30 bits per heavy atom.